The van der Waals surface area contributed by atoms with Crippen LogP contribution >= 0.6 is 11.8 Å². The zero-order valence-electron chi connectivity index (χ0n) is 12.2. The third-order valence-corrected chi connectivity index (χ3v) is 5.15. The van der Waals surface area contributed by atoms with Crippen molar-refractivity contribution in [3.8, 4) is 0 Å². The second kappa shape index (κ2) is 7.10. The summed E-state index contributed by atoms with van der Waals surface area (Å²) in [6, 6.07) is 5.99. The first-order valence-electron chi connectivity index (χ1n) is 6.45. The van der Waals surface area contributed by atoms with E-state index in [9.17, 15) is 21.6 Å². The van der Waals surface area contributed by atoms with Crippen molar-refractivity contribution in [2.24, 2.45) is 11.1 Å². The van der Waals surface area contributed by atoms with Crippen LogP contribution in [0.3, 0.4) is 0 Å². The number of benzene rings is 1. The Bertz CT molecular complexity index is 654. The molecule has 2 rings (SSSR count). The summed E-state index contributed by atoms with van der Waals surface area (Å²) in [6.45, 7) is 1.84. The lowest BCUT2D eigenvalue weighted by Gasteiger charge is -2.17. The topological polar surface area (TPSA) is 104 Å². The molecule has 10 heteroatoms. The van der Waals surface area contributed by atoms with Gasteiger partial charge in [0.1, 0.15) is 0 Å². The number of hydrogen-bond donors (Lipinski definition) is 3. The average molecular weight is 370 g/mol. The smallest absolute Gasteiger partial charge is 0.379 e. The number of aryl methyl sites for hydroxylation is 1. The first-order chi connectivity index (χ1) is 10.4. The summed E-state index contributed by atoms with van der Waals surface area (Å²) in [5.74, 6) is -0.105. The summed E-state index contributed by atoms with van der Waals surface area (Å²) >= 11 is 0.769. The van der Waals surface area contributed by atoms with E-state index >= 15 is 0 Å². The maximum absolute atomic E-state index is 12.2. The van der Waals surface area contributed by atoms with Crippen LogP contribution in [0.2, 0.25) is 0 Å². The second-order valence-corrected chi connectivity index (χ2v) is 7.66. The van der Waals surface area contributed by atoms with Crippen molar-refractivity contribution in [3.63, 3.8) is 0 Å². The molecule has 1 fully saturated rings. The minimum Gasteiger partial charge on any atom is -0.379 e. The molecule has 5 nitrogen and oxygen atoms in total. The van der Waals surface area contributed by atoms with Gasteiger partial charge in [-0.3, -0.25) is 9.96 Å². The number of nitrogens with one attached hydrogen (secondary N) is 1. The molecule has 0 unspecified atom stereocenters. The molecule has 0 heterocycles. The van der Waals surface area contributed by atoms with Crippen LogP contribution in [0.1, 0.15) is 18.4 Å². The van der Waals surface area contributed by atoms with E-state index in [1.54, 1.807) is 12.1 Å². The molecule has 0 amide bonds. The molecule has 0 saturated heterocycles. The third kappa shape index (κ3) is 6.04. The SMILES string of the molecule is Cc1ccc(S(=O)(=O)O)cc1.N=C(N)SCC1(C(F)(F)F)CC1. The summed E-state index contributed by atoms with van der Waals surface area (Å²) in [4.78, 5) is -0.0666. The van der Waals surface area contributed by atoms with E-state index in [0.29, 0.717) is 0 Å². The van der Waals surface area contributed by atoms with Crippen LogP contribution in [0, 0.1) is 17.7 Å². The van der Waals surface area contributed by atoms with Crippen LogP contribution in [0.15, 0.2) is 29.2 Å². The Morgan fingerprint density at radius 3 is 2.13 bits per heavy atom. The fourth-order valence-electron chi connectivity index (χ4n) is 1.59. The lowest BCUT2D eigenvalue weighted by molar-refractivity contribution is -0.179. The first kappa shape index (κ1) is 19.8. The maximum atomic E-state index is 12.2. The summed E-state index contributed by atoms with van der Waals surface area (Å²) in [6.07, 6.45) is -3.77. The molecular formula is C13H17F3N2O3S2. The Labute approximate surface area is 136 Å². The lowest BCUT2D eigenvalue weighted by atomic mass is 10.1. The molecule has 0 aromatic heterocycles. The van der Waals surface area contributed by atoms with Gasteiger partial charge < -0.3 is 5.73 Å². The molecule has 1 aliphatic rings. The zero-order valence-corrected chi connectivity index (χ0v) is 13.9. The summed E-state index contributed by atoms with van der Waals surface area (Å²) in [5.41, 5.74) is 4.37. The van der Waals surface area contributed by atoms with Gasteiger partial charge in [-0.05, 0) is 31.9 Å². The molecule has 1 aliphatic carbocycles. The normalized spacial score (nSPS) is 16.2. The molecule has 0 atom stereocenters. The highest BCUT2D eigenvalue weighted by Crippen LogP contribution is 2.59. The molecule has 0 radical (unpaired) electrons. The van der Waals surface area contributed by atoms with E-state index in [4.69, 9.17) is 15.7 Å². The molecule has 130 valence electrons. The van der Waals surface area contributed by atoms with Crippen molar-refractivity contribution in [1.82, 2.24) is 0 Å². The molecule has 0 spiro atoms. The van der Waals surface area contributed by atoms with Crippen LogP contribution in [0.5, 0.6) is 0 Å². The van der Waals surface area contributed by atoms with E-state index in [-0.39, 0.29) is 28.7 Å². The van der Waals surface area contributed by atoms with Crippen LogP contribution < -0.4 is 5.73 Å². The van der Waals surface area contributed by atoms with Crippen molar-refractivity contribution in [1.29, 1.82) is 5.41 Å². The van der Waals surface area contributed by atoms with Crippen LogP contribution in [-0.4, -0.2) is 30.1 Å². The molecule has 0 aliphatic heterocycles. The fraction of sp³-hybridized carbons (Fsp3) is 0.462. The van der Waals surface area contributed by atoms with E-state index in [0.717, 1.165) is 17.3 Å². The van der Waals surface area contributed by atoms with E-state index in [1.807, 2.05) is 6.92 Å². The van der Waals surface area contributed by atoms with Gasteiger partial charge in [0.25, 0.3) is 10.1 Å². The van der Waals surface area contributed by atoms with Gasteiger partial charge >= 0.3 is 6.18 Å². The van der Waals surface area contributed by atoms with Crippen molar-refractivity contribution < 1.29 is 26.1 Å². The van der Waals surface area contributed by atoms with Gasteiger partial charge in [-0.2, -0.15) is 21.6 Å². The van der Waals surface area contributed by atoms with Crippen LogP contribution in [0.4, 0.5) is 13.2 Å². The Morgan fingerprint density at radius 2 is 1.83 bits per heavy atom. The molecule has 1 aromatic rings. The predicted octanol–water partition coefficient (Wildman–Crippen LogP) is 3.20. The van der Waals surface area contributed by atoms with Crippen molar-refractivity contribution >= 4 is 27.0 Å². The average Bonchev–Trinajstić information content (AvgIpc) is 3.17. The van der Waals surface area contributed by atoms with Crippen molar-refractivity contribution in [2.75, 3.05) is 5.75 Å². The number of nitrogens with two attached hydrogens (primary N) is 1. The van der Waals surface area contributed by atoms with Gasteiger partial charge in [0.15, 0.2) is 5.17 Å². The van der Waals surface area contributed by atoms with Gasteiger partial charge in [-0.15, -0.1) is 0 Å². The Morgan fingerprint density at radius 1 is 1.35 bits per heavy atom. The highest BCUT2D eigenvalue weighted by atomic mass is 32.2. The second-order valence-electron chi connectivity index (χ2n) is 5.22. The summed E-state index contributed by atoms with van der Waals surface area (Å²) in [7, 11) is -4.02. The monoisotopic (exact) mass is 370 g/mol. The first-order valence-corrected chi connectivity index (χ1v) is 8.88. The number of hydrogen-bond acceptors (Lipinski definition) is 4. The number of thioether (sulfide) groups is 1. The van der Waals surface area contributed by atoms with Gasteiger partial charge in [0.05, 0.1) is 10.3 Å². The fourth-order valence-corrected chi connectivity index (χ4v) is 2.95. The largest absolute Gasteiger partial charge is 0.395 e. The Kier molecular flexibility index (Phi) is 6.11. The molecule has 1 saturated carbocycles. The van der Waals surface area contributed by atoms with Gasteiger partial charge in [-0.25, -0.2) is 0 Å². The van der Waals surface area contributed by atoms with Crippen LogP contribution in [-0.2, 0) is 10.1 Å². The van der Waals surface area contributed by atoms with E-state index in [2.05, 4.69) is 0 Å². The minimum atomic E-state index is -4.13. The number of alkyl halides is 3. The zero-order chi connectivity index (χ0) is 17.9. The van der Waals surface area contributed by atoms with Gasteiger partial charge in [-0.1, -0.05) is 29.5 Å². The standard InChI is InChI=1S/C7H8O3S.C6H9F3N2S/c1-6-2-4-7(5-3-6)11(8,9)10;7-6(8,9)5(1-2-5)3-12-4(10)11/h2-5H,1H3,(H,8,9,10);1-3H2,(H3,10,11). The molecule has 0 bridgehead atoms. The molecule has 4 N–H and O–H groups in total. The van der Waals surface area contributed by atoms with Gasteiger partial charge in [0, 0.05) is 5.75 Å². The quantitative estimate of drug-likeness (QED) is 0.431. The maximum Gasteiger partial charge on any atom is 0.395 e. The van der Waals surface area contributed by atoms with Crippen LogP contribution in [0.25, 0.3) is 0 Å². The van der Waals surface area contributed by atoms with E-state index < -0.39 is 21.7 Å². The van der Waals surface area contributed by atoms with Crippen molar-refractivity contribution in [2.45, 2.75) is 30.8 Å². The van der Waals surface area contributed by atoms with E-state index in [1.165, 1.54) is 12.1 Å². The number of rotatable bonds is 3. The molecular weight excluding hydrogens is 353 g/mol. The highest BCUT2D eigenvalue weighted by Gasteiger charge is 2.62. The minimum absolute atomic E-state index is 0.0666. The number of halogens is 3. The Balaban J connectivity index is 0.000000231. The summed E-state index contributed by atoms with van der Waals surface area (Å²) < 4.78 is 66.2. The Hall–Kier alpha value is -1.26. The third-order valence-electron chi connectivity index (χ3n) is 3.28. The predicted molar refractivity (Wildman–Crippen MR) is 83.1 cm³/mol. The number of amidine groups is 1. The van der Waals surface area contributed by atoms with Crippen molar-refractivity contribution in [3.05, 3.63) is 29.8 Å². The van der Waals surface area contributed by atoms with Gasteiger partial charge in [0.2, 0.25) is 0 Å². The molecule has 1 aromatic carbocycles. The highest BCUT2D eigenvalue weighted by molar-refractivity contribution is 8.13. The molecule has 23 heavy (non-hydrogen) atoms. The summed E-state index contributed by atoms with van der Waals surface area (Å²) in [5, 5.41) is 6.54. The lowest BCUT2D eigenvalue weighted by Crippen LogP contribution is -2.27.